The molecular weight excluding hydrogens is 418 g/mol. The molecule has 0 bridgehead atoms. The first kappa shape index (κ1) is 22.6. The summed E-state index contributed by atoms with van der Waals surface area (Å²) in [6, 6.07) is 12.3. The normalized spacial score (nSPS) is 13.3. The van der Waals surface area contributed by atoms with Gasteiger partial charge in [-0.1, -0.05) is 30.3 Å². The monoisotopic (exact) mass is 447 g/mol. The van der Waals surface area contributed by atoms with Gasteiger partial charge in [0, 0.05) is 31.5 Å². The van der Waals surface area contributed by atoms with Crippen LogP contribution in [0, 0.1) is 0 Å². The number of aliphatic hydroxyl groups is 2. The van der Waals surface area contributed by atoms with Gasteiger partial charge in [-0.3, -0.25) is 4.98 Å². The molecule has 33 heavy (non-hydrogen) atoms. The Morgan fingerprint density at radius 1 is 1.00 bits per heavy atom. The number of anilines is 2. The van der Waals surface area contributed by atoms with Crippen molar-refractivity contribution in [3.05, 3.63) is 60.7 Å². The first-order chi connectivity index (χ1) is 15.9. The molecule has 0 fully saturated rings. The highest BCUT2D eigenvalue weighted by molar-refractivity contribution is 5.84. The molecule has 0 saturated heterocycles. The van der Waals surface area contributed by atoms with Crippen molar-refractivity contribution in [2.24, 2.45) is 0 Å². The van der Waals surface area contributed by atoms with E-state index in [9.17, 15) is 10.2 Å². The Hall–Kier alpha value is -3.56. The van der Waals surface area contributed by atoms with Crippen molar-refractivity contribution in [3.63, 3.8) is 0 Å². The number of benzene rings is 1. The van der Waals surface area contributed by atoms with E-state index in [0.29, 0.717) is 29.5 Å². The third-order valence-electron chi connectivity index (χ3n) is 5.44. The van der Waals surface area contributed by atoms with Gasteiger partial charge in [-0.15, -0.1) is 0 Å². The van der Waals surface area contributed by atoms with Crippen LogP contribution in [-0.2, 0) is 6.54 Å². The number of hydrogen-bond donors (Lipinski definition) is 4. The van der Waals surface area contributed by atoms with Crippen molar-refractivity contribution in [2.75, 3.05) is 17.2 Å². The molecule has 172 valence electrons. The molecule has 0 aliphatic heterocycles. The number of fused-ring (bicyclic) bond motifs is 1. The molecule has 0 aliphatic carbocycles. The van der Waals surface area contributed by atoms with E-state index in [2.05, 4.69) is 56.5 Å². The molecule has 4 N–H and O–H groups in total. The smallest absolute Gasteiger partial charge is 0.226 e. The Bertz CT molecular complexity index is 1210. The topological polar surface area (TPSA) is 121 Å². The van der Waals surface area contributed by atoms with Crippen LogP contribution >= 0.6 is 0 Å². The average molecular weight is 448 g/mol. The Kier molecular flexibility index (Phi) is 6.81. The summed E-state index contributed by atoms with van der Waals surface area (Å²) in [5, 5.41) is 26.0. The third-order valence-corrected chi connectivity index (χ3v) is 5.44. The zero-order chi connectivity index (χ0) is 23.4. The van der Waals surface area contributed by atoms with Gasteiger partial charge >= 0.3 is 0 Å². The second-order valence-corrected chi connectivity index (χ2v) is 8.25. The number of pyridine rings is 1. The van der Waals surface area contributed by atoms with Gasteiger partial charge in [-0.05, 0) is 43.5 Å². The Morgan fingerprint density at radius 3 is 2.52 bits per heavy atom. The third kappa shape index (κ3) is 5.10. The highest BCUT2D eigenvalue weighted by atomic mass is 16.3. The van der Waals surface area contributed by atoms with Crippen LogP contribution in [0.3, 0.4) is 0 Å². The van der Waals surface area contributed by atoms with Crippen LogP contribution in [0.1, 0.15) is 32.4 Å². The molecule has 0 spiro atoms. The summed E-state index contributed by atoms with van der Waals surface area (Å²) in [5.74, 6) is 0.929. The standard InChI is InChI=1S/C24H29N7O2/c1-15(2)31-14-28-21-22(29-24(30-23(21)31)27-13-20(33)16(3)32)26-12-18-11-25-10-9-19(18)17-7-5-4-6-8-17/h4-11,14-16,20,32-33H,12-13H2,1-3H3,(H2,26,27,29,30). The molecular formula is C24H29N7O2. The summed E-state index contributed by atoms with van der Waals surface area (Å²) < 4.78 is 1.97. The van der Waals surface area contributed by atoms with Crippen molar-refractivity contribution >= 4 is 22.9 Å². The quantitative estimate of drug-likeness (QED) is 0.309. The Morgan fingerprint density at radius 2 is 1.79 bits per heavy atom. The van der Waals surface area contributed by atoms with E-state index in [-0.39, 0.29) is 12.6 Å². The minimum Gasteiger partial charge on any atom is -0.391 e. The number of aliphatic hydroxyl groups excluding tert-OH is 2. The first-order valence-electron chi connectivity index (χ1n) is 11.0. The molecule has 2 unspecified atom stereocenters. The van der Waals surface area contributed by atoms with E-state index < -0.39 is 12.2 Å². The number of rotatable bonds is 9. The fourth-order valence-corrected chi connectivity index (χ4v) is 3.51. The lowest BCUT2D eigenvalue weighted by Crippen LogP contribution is -2.30. The second-order valence-electron chi connectivity index (χ2n) is 8.25. The summed E-state index contributed by atoms with van der Waals surface area (Å²) in [7, 11) is 0. The van der Waals surface area contributed by atoms with Crippen molar-refractivity contribution < 1.29 is 10.2 Å². The lowest BCUT2D eigenvalue weighted by molar-refractivity contribution is 0.0399. The molecule has 4 aromatic rings. The van der Waals surface area contributed by atoms with Gasteiger partial charge in [-0.2, -0.15) is 9.97 Å². The second kappa shape index (κ2) is 9.93. The fraction of sp³-hybridized carbons (Fsp3) is 0.333. The summed E-state index contributed by atoms with van der Waals surface area (Å²) in [6.07, 6.45) is 3.59. The van der Waals surface area contributed by atoms with Crippen LogP contribution in [0.15, 0.2) is 55.1 Å². The average Bonchev–Trinajstić information content (AvgIpc) is 3.26. The van der Waals surface area contributed by atoms with Crippen molar-refractivity contribution in [1.29, 1.82) is 0 Å². The summed E-state index contributed by atoms with van der Waals surface area (Å²) in [6.45, 7) is 6.27. The van der Waals surface area contributed by atoms with Gasteiger partial charge in [-0.25, -0.2) is 4.98 Å². The van der Waals surface area contributed by atoms with Gasteiger partial charge in [0.1, 0.15) is 0 Å². The Labute approximate surface area is 192 Å². The maximum Gasteiger partial charge on any atom is 0.226 e. The molecule has 2 atom stereocenters. The number of aromatic nitrogens is 5. The van der Waals surface area contributed by atoms with Gasteiger partial charge in [0.05, 0.1) is 18.5 Å². The minimum absolute atomic E-state index is 0.124. The predicted molar refractivity (Wildman–Crippen MR) is 129 cm³/mol. The van der Waals surface area contributed by atoms with Crippen LogP contribution < -0.4 is 10.6 Å². The summed E-state index contributed by atoms with van der Waals surface area (Å²) >= 11 is 0. The molecule has 9 nitrogen and oxygen atoms in total. The number of nitrogens with zero attached hydrogens (tertiary/aromatic N) is 5. The zero-order valence-corrected chi connectivity index (χ0v) is 19.0. The van der Waals surface area contributed by atoms with E-state index in [1.807, 2.05) is 35.0 Å². The number of hydrogen-bond acceptors (Lipinski definition) is 8. The fourth-order valence-electron chi connectivity index (χ4n) is 3.51. The van der Waals surface area contributed by atoms with E-state index in [4.69, 9.17) is 0 Å². The molecule has 0 amide bonds. The molecule has 3 heterocycles. The van der Waals surface area contributed by atoms with Gasteiger partial charge in [0.2, 0.25) is 5.95 Å². The maximum absolute atomic E-state index is 9.96. The van der Waals surface area contributed by atoms with E-state index in [1.165, 1.54) is 6.92 Å². The van der Waals surface area contributed by atoms with E-state index >= 15 is 0 Å². The largest absolute Gasteiger partial charge is 0.391 e. The van der Waals surface area contributed by atoms with Gasteiger partial charge in [0.15, 0.2) is 17.0 Å². The van der Waals surface area contributed by atoms with Crippen LogP contribution in [0.2, 0.25) is 0 Å². The lowest BCUT2D eigenvalue weighted by atomic mass is 10.0. The van der Waals surface area contributed by atoms with Crippen LogP contribution in [0.5, 0.6) is 0 Å². The van der Waals surface area contributed by atoms with Gasteiger partial charge in [0.25, 0.3) is 0 Å². The lowest BCUT2D eigenvalue weighted by Gasteiger charge is -2.16. The molecule has 0 aliphatic rings. The van der Waals surface area contributed by atoms with Crippen LogP contribution in [-0.4, -0.2) is 53.5 Å². The zero-order valence-electron chi connectivity index (χ0n) is 19.0. The highest BCUT2D eigenvalue weighted by Gasteiger charge is 2.17. The maximum atomic E-state index is 9.96. The molecule has 0 radical (unpaired) electrons. The van der Waals surface area contributed by atoms with E-state index in [1.54, 1.807) is 12.5 Å². The van der Waals surface area contributed by atoms with Crippen molar-refractivity contribution in [1.82, 2.24) is 24.5 Å². The van der Waals surface area contributed by atoms with Crippen LogP contribution in [0.4, 0.5) is 11.8 Å². The Balaban J connectivity index is 1.65. The number of nitrogens with one attached hydrogen (secondary N) is 2. The molecule has 3 aromatic heterocycles. The minimum atomic E-state index is -0.931. The molecule has 0 saturated carbocycles. The van der Waals surface area contributed by atoms with Gasteiger partial charge < -0.3 is 25.4 Å². The first-order valence-corrected chi connectivity index (χ1v) is 11.0. The van der Waals surface area contributed by atoms with Crippen LogP contribution in [0.25, 0.3) is 22.3 Å². The van der Waals surface area contributed by atoms with Crippen molar-refractivity contribution in [3.8, 4) is 11.1 Å². The molecule has 1 aromatic carbocycles. The molecule has 4 rings (SSSR count). The molecule has 9 heteroatoms. The summed E-state index contributed by atoms with van der Waals surface area (Å²) in [4.78, 5) is 18.0. The SMILES string of the molecule is CC(O)C(O)CNc1nc(NCc2cnccc2-c2ccccc2)c2ncn(C(C)C)c2n1. The number of imidazole rings is 1. The predicted octanol–water partition coefficient (Wildman–Crippen LogP) is 3.23. The highest BCUT2D eigenvalue weighted by Crippen LogP contribution is 2.26. The van der Waals surface area contributed by atoms with Crippen molar-refractivity contribution in [2.45, 2.75) is 45.6 Å². The van der Waals surface area contributed by atoms with E-state index in [0.717, 1.165) is 16.7 Å². The summed E-state index contributed by atoms with van der Waals surface area (Å²) in [5.41, 5.74) is 4.58.